The molecule has 1 aliphatic rings. The highest BCUT2D eigenvalue weighted by molar-refractivity contribution is 5.45. The van der Waals surface area contributed by atoms with Crippen molar-refractivity contribution in [3.63, 3.8) is 0 Å². The Labute approximate surface area is 133 Å². The zero-order chi connectivity index (χ0) is 15.6. The smallest absolute Gasteiger partial charge is 0.266 e. The van der Waals surface area contributed by atoms with E-state index in [0.29, 0.717) is 24.3 Å². The summed E-state index contributed by atoms with van der Waals surface area (Å²) in [5.74, 6) is 1.32. The Bertz CT molecular complexity index is 763. The molecule has 8 nitrogen and oxygen atoms in total. The van der Waals surface area contributed by atoms with Gasteiger partial charge in [-0.05, 0) is 19.4 Å². The molecule has 3 aromatic heterocycles. The van der Waals surface area contributed by atoms with Crippen LogP contribution in [0.5, 0.6) is 0 Å². The van der Waals surface area contributed by atoms with Gasteiger partial charge in [-0.15, -0.1) is 10.2 Å². The SMILES string of the molecule is CCn1nccc1-c1nnc([C@H]2OCC[C@H]2Cn2ccnc2)o1. The molecule has 2 atom stereocenters. The summed E-state index contributed by atoms with van der Waals surface area (Å²) in [7, 11) is 0. The molecule has 0 N–H and O–H groups in total. The molecule has 0 aromatic carbocycles. The molecule has 0 amide bonds. The zero-order valence-electron chi connectivity index (χ0n) is 12.9. The molecule has 4 heterocycles. The van der Waals surface area contributed by atoms with Crippen LogP contribution in [0.2, 0.25) is 0 Å². The third-order valence-electron chi connectivity index (χ3n) is 4.14. The molecule has 4 rings (SSSR count). The predicted octanol–water partition coefficient (Wildman–Crippen LogP) is 1.93. The van der Waals surface area contributed by atoms with Crippen LogP contribution in [0.1, 0.15) is 25.3 Å². The number of aryl methyl sites for hydroxylation is 1. The predicted molar refractivity (Wildman–Crippen MR) is 80.2 cm³/mol. The Morgan fingerprint density at radius 2 is 2.26 bits per heavy atom. The van der Waals surface area contributed by atoms with E-state index in [1.807, 2.05) is 30.2 Å². The first-order valence-corrected chi connectivity index (χ1v) is 7.78. The summed E-state index contributed by atoms with van der Waals surface area (Å²) in [6.07, 6.45) is 8.07. The van der Waals surface area contributed by atoms with Crippen molar-refractivity contribution in [2.45, 2.75) is 32.5 Å². The average molecular weight is 314 g/mol. The van der Waals surface area contributed by atoms with E-state index in [9.17, 15) is 0 Å². The van der Waals surface area contributed by atoms with Gasteiger partial charge in [0.1, 0.15) is 11.8 Å². The molecule has 8 heteroatoms. The fraction of sp³-hybridized carbons (Fsp3) is 0.467. The van der Waals surface area contributed by atoms with Crippen molar-refractivity contribution >= 4 is 0 Å². The van der Waals surface area contributed by atoms with E-state index in [2.05, 4.69) is 24.8 Å². The second-order valence-electron chi connectivity index (χ2n) is 5.58. The zero-order valence-corrected chi connectivity index (χ0v) is 12.9. The van der Waals surface area contributed by atoms with E-state index in [-0.39, 0.29) is 6.10 Å². The van der Waals surface area contributed by atoms with E-state index >= 15 is 0 Å². The minimum absolute atomic E-state index is 0.170. The lowest BCUT2D eigenvalue weighted by molar-refractivity contribution is 0.0642. The number of ether oxygens (including phenoxy) is 1. The number of imidazole rings is 1. The van der Waals surface area contributed by atoms with Crippen LogP contribution in [0.25, 0.3) is 11.6 Å². The van der Waals surface area contributed by atoms with Gasteiger partial charge in [-0.1, -0.05) is 0 Å². The maximum Gasteiger partial charge on any atom is 0.266 e. The summed E-state index contributed by atoms with van der Waals surface area (Å²) in [6, 6.07) is 1.87. The van der Waals surface area contributed by atoms with Gasteiger partial charge >= 0.3 is 0 Å². The Kier molecular flexibility index (Phi) is 3.66. The van der Waals surface area contributed by atoms with Gasteiger partial charge in [-0.3, -0.25) is 4.68 Å². The van der Waals surface area contributed by atoms with Crippen LogP contribution in [-0.4, -0.2) is 36.1 Å². The van der Waals surface area contributed by atoms with E-state index in [1.165, 1.54) is 0 Å². The monoisotopic (exact) mass is 314 g/mol. The number of aromatic nitrogens is 6. The van der Waals surface area contributed by atoms with Crippen LogP contribution in [0, 0.1) is 5.92 Å². The van der Waals surface area contributed by atoms with Gasteiger partial charge in [0, 0.05) is 44.2 Å². The average Bonchev–Trinajstić information content (AvgIpc) is 3.34. The van der Waals surface area contributed by atoms with Crippen molar-refractivity contribution < 1.29 is 9.15 Å². The van der Waals surface area contributed by atoms with Crippen LogP contribution in [0.3, 0.4) is 0 Å². The highest BCUT2D eigenvalue weighted by Crippen LogP contribution is 2.35. The minimum atomic E-state index is -0.170. The minimum Gasteiger partial charge on any atom is -0.416 e. The molecule has 0 spiro atoms. The van der Waals surface area contributed by atoms with Gasteiger partial charge in [0.05, 0.1) is 6.33 Å². The van der Waals surface area contributed by atoms with Crippen LogP contribution in [0.4, 0.5) is 0 Å². The Morgan fingerprint density at radius 3 is 3.09 bits per heavy atom. The van der Waals surface area contributed by atoms with Crippen molar-refractivity contribution in [3.8, 4) is 11.6 Å². The quantitative estimate of drug-likeness (QED) is 0.715. The molecule has 0 saturated carbocycles. The first kappa shape index (κ1) is 14.1. The van der Waals surface area contributed by atoms with Crippen molar-refractivity contribution in [1.82, 2.24) is 29.5 Å². The number of hydrogen-bond donors (Lipinski definition) is 0. The summed E-state index contributed by atoms with van der Waals surface area (Å²) >= 11 is 0. The van der Waals surface area contributed by atoms with E-state index in [0.717, 1.165) is 25.2 Å². The molecule has 0 aliphatic carbocycles. The second-order valence-corrected chi connectivity index (χ2v) is 5.58. The highest BCUT2D eigenvalue weighted by atomic mass is 16.5. The molecule has 1 saturated heterocycles. The first-order chi connectivity index (χ1) is 11.3. The standard InChI is InChI=1S/C15H18N6O2/c1-2-21-12(3-5-17-21)14-18-19-15(23-14)13-11(4-8-22-13)9-20-7-6-16-10-20/h3,5-7,10-11,13H,2,4,8-9H2,1H3/t11-,13-/m0/s1. The number of rotatable bonds is 5. The Hall–Kier alpha value is -2.48. The molecule has 23 heavy (non-hydrogen) atoms. The third-order valence-corrected chi connectivity index (χ3v) is 4.14. The van der Waals surface area contributed by atoms with Gasteiger partial charge in [0.15, 0.2) is 0 Å². The number of hydrogen-bond acceptors (Lipinski definition) is 6. The normalized spacial score (nSPS) is 21.1. The van der Waals surface area contributed by atoms with Gasteiger partial charge in [-0.25, -0.2) is 4.98 Å². The lowest BCUT2D eigenvalue weighted by atomic mass is 10.0. The first-order valence-electron chi connectivity index (χ1n) is 7.78. The lowest BCUT2D eigenvalue weighted by Gasteiger charge is -2.15. The third kappa shape index (κ3) is 2.65. The number of nitrogens with zero attached hydrogens (tertiary/aromatic N) is 6. The van der Waals surface area contributed by atoms with Crippen molar-refractivity contribution in [3.05, 3.63) is 36.9 Å². The molecular weight excluding hydrogens is 296 g/mol. The molecule has 1 aliphatic heterocycles. The van der Waals surface area contributed by atoms with Gasteiger partial charge in [0.2, 0.25) is 5.89 Å². The fourth-order valence-corrected chi connectivity index (χ4v) is 2.98. The highest BCUT2D eigenvalue weighted by Gasteiger charge is 2.34. The maximum atomic E-state index is 5.87. The van der Waals surface area contributed by atoms with E-state index in [1.54, 1.807) is 12.4 Å². The molecule has 0 radical (unpaired) electrons. The summed E-state index contributed by atoms with van der Waals surface area (Å²) in [5, 5.41) is 12.6. The molecule has 0 unspecified atom stereocenters. The molecule has 3 aromatic rings. The second kappa shape index (κ2) is 5.96. The van der Waals surface area contributed by atoms with Crippen LogP contribution < -0.4 is 0 Å². The van der Waals surface area contributed by atoms with Gasteiger partial charge < -0.3 is 13.7 Å². The summed E-state index contributed by atoms with van der Waals surface area (Å²) in [5.41, 5.74) is 0.829. The van der Waals surface area contributed by atoms with Crippen molar-refractivity contribution in [2.75, 3.05) is 6.61 Å². The summed E-state index contributed by atoms with van der Waals surface area (Å²) in [6.45, 7) is 4.31. The van der Waals surface area contributed by atoms with Crippen LogP contribution in [0.15, 0.2) is 35.4 Å². The van der Waals surface area contributed by atoms with Crippen molar-refractivity contribution in [1.29, 1.82) is 0 Å². The summed E-state index contributed by atoms with van der Waals surface area (Å²) < 4.78 is 15.6. The lowest BCUT2D eigenvalue weighted by Crippen LogP contribution is -2.14. The van der Waals surface area contributed by atoms with Crippen LogP contribution in [-0.2, 0) is 17.8 Å². The fourth-order valence-electron chi connectivity index (χ4n) is 2.98. The Morgan fingerprint density at radius 1 is 1.30 bits per heavy atom. The molecule has 1 fully saturated rings. The maximum absolute atomic E-state index is 5.87. The molecule has 120 valence electrons. The van der Waals surface area contributed by atoms with E-state index < -0.39 is 0 Å². The largest absolute Gasteiger partial charge is 0.416 e. The van der Waals surface area contributed by atoms with Crippen LogP contribution >= 0.6 is 0 Å². The van der Waals surface area contributed by atoms with E-state index in [4.69, 9.17) is 9.15 Å². The summed E-state index contributed by atoms with van der Waals surface area (Å²) in [4.78, 5) is 4.08. The van der Waals surface area contributed by atoms with Crippen molar-refractivity contribution in [2.24, 2.45) is 5.92 Å². The van der Waals surface area contributed by atoms with Gasteiger partial charge in [-0.2, -0.15) is 5.10 Å². The molecule has 0 bridgehead atoms. The topological polar surface area (TPSA) is 83.8 Å². The molecular formula is C15H18N6O2. The van der Waals surface area contributed by atoms with Gasteiger partial charge in [0.25, 0.3) is 5.89 Å². The Balaban J connectivity index is 1.56.